The van der Waals surface area contributed by atoms with Crippen molar-refractivity contribution in [2.24, 2.45) is 5.14 Å². The summed E-state index contributed by atoms with van der Waals surface area (Å²) in [5, 5.41) is 5.39. The second-order valence-electron chi connectivity index (χ2n) is 2.25. The molecular formula is C8H11NOS. The summed E-state index contributed by atoms with van der Waals surface area (Å²) in [6.45, 7) is 2.00. The SMILES string of the molecule is COc1ccc(SN)cc1C. The van der Waals surface area contributed by atoms with Crippen LogP contribution in [0.1, 0.15) is 5.56 Å². The maximum atomic E-state index is 5.39. The van der Waals surface area contributed by atoms with Crippen LogP contribution in [-0.4, -0.2) is 7.11 Å². The molecule has 0 heterocycles. The van der Waals surface area contributed by atoms with Gasteiger partial charge in [-0.25, -0.2) is 0 Å². The molecule has 0 bridgehead atoms. The van der Waals surface area contributed by atoms with Gasteiger partial charge in [0.05, 0.1) is 7.11 Å². The zero-order valence-electron chi connectivity index (χ0n) is 6.63. The van der Waals surface area contributed by atoms with E-state index in [0.29, 0.717) is 0 Å². The Morgan fingerprint density at radius 1 is 1.45 bits per heavy atom. The van der Waals surface area contributed by atoms with E-state index in [-0.39, 0.29) is 0 Å². The molecule has 0 saturated carbocycles. The molecule has 1 aromatic carbocycles. The fourth-order valence-electron chi connectivity index (χ4n) is 0.924. The normalized spacial score (nSPS) is 9.73. The second-order valence-corrected chi connectivity index (χ2v) is 2.96. The summed E-state index contributed by atoms with van der Waals surface area (Å²) >= 11 is 1.25. The van der Waals surface area contributed by atoms with Gasteiger partial charge in [0.25, 0.3) is 0 Å². The van der Waals surface area contributed by atoms with Crippen molar-refractivity contribution in [3.05, 3.63) is 23.8 Å². The number of hydrogen-bond acceptors (Lipinski definition) is 3. The van der Waals surface area contributed by atoms with Crippen molar-refractivity contribution in [3.8, 4) is 5.75 Å². The van der Waals surface area contributed by atoms with Gasteiger partial charge >= 0.3 is 0 Å². The summed E-state index contributed by atoms with van der Waals surface area (Å²) < 4.78 is 5.09. The summed E-state index contributed by atoms with van der Waals surface area (Å²) in [5.74, 6) is 0.905. The predicted octanol–water partition coefficient (Wildman–Crippen LogP) is 1.97. The van der Waals surface area contributed by atoms with Crippen LogP contribution in [0.4, 0.5) is 0 Å². The van der Waals surface area contributed by atoms with E-state index in [2.05, 4.69) is 0 Å². The molecule has 60 valence electrons. The number of aryl methyl sites for hydroxylation is 1. The highest BCUT2D eigenvalue weighted by Crippen LogP contribution is 2.22. The zero-order chi connectivity index (χ0) is 8.27. The topological polar surface area (TPSA) is 35.2 Å². The van der Waals surface area contributed by atoms with Gasteiger partial charge < -0.3 is 4.74 Å². The van der Waals surface area contributed by atoms with Gasteiger partial charge in [0.2, 0.25) is 0 Å². The molecule has 0 spiro atoms. The number of hydrogen-bond donors (Lipinski definition) is 1. The molecule has 2 nitrogen and oxygen atoms in total. The third kappa shape index (κ3) is 1.88. The first-order chi connectivity index (χ1) is 5.27. The summed E-state index contributed by atoms with van der Waals surface area (Å²) in [7, 11) is 1.66. The lowest BCUT2D eigenvalue weighted by Crippen LogP contribution is -1.87. The minimum Gasteiger partial charge on any atom is -0.496 e. The molecule has 0 unspecified atom stereocenters. The van der Waals surface area contributed by atoms with Crippen LogP contribution in [-0.2, 0) is 0 Å². The summed E-state index contributed by atoms with van der Waals surface area (Å²) in [5.41, 5.74) is 1.11. The van der Waals surface area contributed by atoms with Crippen molar-refractivity contribution in [2.45, 2.75) is 11.8 Å². The van der Waals surface area contributed by atoms with Gasteiger partial charge in [-0.3, -0.25) is 5.14 Å². The minimum absolute atomic E-state index is 0.905. The van der Waals surface area contributed by atoms with E-state index >= 15 is 0 Å². The van der Waals surface area contributed by atoms with Gasteiger partial charge in [0.1, 0.15) is 5.75 Å². The first-order valence-corrected chi connectivity index (χ1v) is 4.17. The first kappa shape index (κ1) is 8.43. The van der Waals surface area contributed by atoms with E-state index in [9.17, 15) is 0 Å². The van der Waals surface area contributed by atoms with Gasteiger partial charge in [-0.2, -0.15) is 0 Å². The molecule has 0 amide bonds. The fourth-order valence-corrected chi connectivity index (χ4v) is 1.32. The molecule has 2 N–H and O–H groups in total. The lowest BCUT2D eigenvalue weighted by Gasteiger charge is -2.04. The highest BCUT2D eigenvalue weighted by molar-refractivity contribution is 7.97. The van der Waals surface area contributed by atoms with Crippen LogP contribution in [0.2, 0.25) is 0 Å². The molecule has 0 fully saturated rings. The Balaban J connectivity index is 2.99. The maximum absolute atomic E-state index is 5.39. The van der Waals surface area contributed by atoms with Gasteiger partial charge in [0, 0.05) is 4.90 Å². The van der Waals surface area contributed by atoms with Crippen LogP contribution in [0.25, 0.3) is 0 Å². The van der Waals surface area contributed by atoms with Gasteiger partial charge in [-0.1, -0.05) is 0 Å². The molecule has 1 rings (SSSR count). The molecule has 11 heavy (non-hydrogen) atoms. The smallest absolute Gasteiger partial charge is 0.121 e. The summed E-state index contributed by atoms with van der Waals surface area (Å²) in [6.07, 6.45) is 0. The van der Waals surface area contributed by atoms with Crippen molar-refractivity contribution < 1.29 is 4.74 Å². The van der Waals surface area contributed by atoms with Crippen molar-refractivity contribution >= 4 is 11.9 Å². The quantitative estimate of drug-likeness (QED) is 0.687. The Kier molecular flexibility index (Phi) is 2.79. The number of rotatable bonds is 2. The van der Waals surface area contributed by atoms with Crippen LogP contribution < -0.4 is 9.88 Å². The van der Waals surface area contributed by atoms with E-state index in [4.69, 9.17) is 9.88 Å². The molecular weight excluding hydrogens is 158 g/mol. The largest absolute Gasteiger partial charge is 0.496 e. The lowest BCUT2D eigenvalue weighted by atomic mass is 10.2. The van der Waals surface area contributed by atoms with Crippen molar-refractivity contribution in [1.29, 1.82) is 0 Å². The molecule has 0 saturated heterocycles. The predicted molar refractivity (Wildman–Crippen MR) is 47.8 cm³/mol. The van der Waals surface area contributed by atoms with E-state index in [1.54, 1.807) is 7.11 Å². The number of ether oxygens (including phenoxy) is 1. The molecule has 0 aromatic heterocycles. The van der Waals surface area contributed by atoms with E-state index in [1.807, 2.05) is 25.1 Å². The molecule has 0 aliphatic rings. The van der Waals surface area contributed by atoms with Crippen LogP contribution in [0.3, 0.4) is 0 Å². The molecule has 3 heteroatoms. The van der Waals surface area contributed by atoms with E-state index < -0.39 is 0 Å². The van der Waals surface area contributed by atoms with Crippen molar-refractivity contribution in [2.75, 3.05) is 7.11 Å². The molecule has 1 aromatic rings. The van der Waals surface area contributed by atoms with Crippen LogP contribution >= 0.6 is 11.9 Å². The van der Waals surface area contributed by atoms with Crippen LogP contribution in [0, 0.1) is 6.92 Å². The molecule has 0 aliphatic carbocycles. The fraction of sp³-hybridized carbons (Fsp3) is 0.250. The van der Waals surface area contributed by atoms with Crippen LogP contribution in [0.5, 0.6) is 5.75 Å². The Morgan fingerprint density at radius 3 is 2.64 bits per heavy atom. The molecule has 0 aliphatic heterocycles. The Hall–Kier alpha value is -0.670. The maximum Gasteiger partial charge on any atom is 0.121 e. The highest BCUT2D eigenvalue weighted by Gasteiger charge is 1.97. The third-order valence-electron chi connectivity index (χ3n) is 1.50. The lowest BCUT2D eigenvalue weighted by molar-refractivity contribution is 0.411. The Labute approximate surface area is 70.9 Å². The Bertz CT molecular complexity index is 250. The van der Waals surface area contributed by atoms with E-state index in [1.165, 1.54) is 11.9 Å². The highest BCUT2D eigenvalue weighted by atomic mass is 32.2. The van der Waals surface area contributed by atoms with Gasteiger partial charge in [0.15, 0.2) is 0 Å². The standard InChI is InChI=1S/C8H11NOS/c1-6-5-7(11-9)3-4-8(6)10-2/h3-5H,9H2,1-2H3. The first-order valence-electron chi connectivity index (χ1n) is 3.29. The van der Waals surface area contributed by atoms with Crippen LogP contribution in [0.15, 0.2) is 23.1 Å². The zero-order valence-corrected chi connectivity index (χ0v) is 7.44. The second kappa shape index (κ2) is 3.64. The van der Waals surface area contributed by atoms with Crippen molar-refractivity contribution in [3.63, 3.8) is 0 Å². The third-order valence-corrected chi connectivity index (χ3v) is 2.03. The van der Waals surface area contributed by atoms with E-state index in [0.717, 1.165) is 16.2 Å². The molecule has 0 radical (unpaired) electrons. The summed E-state index contributed by atoms with van der Waals surface area (Å²) in [4.78, 5) is 1.06. The Morgan fingerprint density at radius 2 is 2.18 bits per heavy atom. The summed E-state index contributed by atoms with van der Waals surface area (Å²) in [6, 6.07) is 5.87. The number of nitrogens with two attached hydrogens (primary N) is 1. The number of methoxy groups -OCH3 is 1. The van der Waals surface area contributed by atoms with Gasteiger partial charge in [-0.05, 0) is 42.6 Å². The van der Waals surface area contributed by atoms with Crippen molar-refractivity contribution in [1.82, 2.24) is 0 Å². The number of benzene rings is 1. The average molecular weight is 169 g/mol. The monoisotopic (exact) mass is 169 g/mol. The average Bonchev–Trinajstić information content (AvgIpc) is 2.04. The van der Waals surface area contributed by atoms with Gasteiger partial charge in [-0.15, -0.1) is 0 Å². The minimum atomic E-state index is 0.905. The molecule has 0 atom stereocenters.